The Hall–Kier alpha value is -1.50. The second-order valence-corrected chi connectivity index (χ2v) is 6.80. The van der Waals surface area contributed by atoms with Gasteiger partial charge in [-0.15, -0.1) is 0 Å². The molecule has 1 heterocycles. The van der Waals surface area contributed by atoms with E-state index in [1.165, 1.54) is 0 Å². The van der Waals surface area contributed by atoms with E-state index < -0.39 is 6.10 Å². The van der Waals surface area contributed by atoms with E-state index >= 15 is 0 Å². The van der Waals surface area contributed by atoms with Crippen LogP contribution in [0.25, 0.3) is 0 Å². The summed E-state index contributed by atoms with van der Waals surface area (Å²) in [5.74, 6) is -0.0859. The molecule has 1 saturated heterocycles. The van der Waals surface area contributed by atoms with E-state index in [4.69, 9.17) is 33.7 Å². The number of ether oxygens (including phenoxy) is 1. The first-order valence-corrected chi connectivity index (χ1v) is 9.07. The third-order valence-electron chi connectivity index (χ3n) is 4.12. The number of carbonyl (C=O) groups excluding carboxylic acids is 2. The number of nitrogens with two attached hydrogens (primary N) is 1. The molecular formula is C17H23Cl2N3O3. The minimum Gasteiger partial charge on any atom is -0.479 e. The quantitative estimate of drug-likeness (QED) is 0.782. The van der Waals surface area contributed by atoms with Crippen molar-refractivity contribution in [3.05, 3.63) is 28.2 Å². The van der Waals surface area contributed by atoms with Crippen LogP contribution in [0.15, 0.2) is 18.2 Å². The summed E-state index contributed by atoms with van der Waals surface area (Å²) in [7, 11) is 0. The zero-order chi connectivity index (χ0) is 18.4. The topological polar surface area (TPSA) is 84.7 Å². The van der Waals surface area contributed by atoms with Gasteiger partial charge in [0.2, 0.25) is 5.91 Å². The number of hydrogen-bond donors (Lipinski definition) is 2. The van der Waals surface area contributed by atoms with Gasteiger partial charge in [0.1, 0.15) is 10.8 Å². The molecule has 0 aromatic heterocycles. The summed E-state index contributed by atoms with van der Waals surface area (Å²) in [4.78, 5) is 26.4. The normalized spacial score (nSPS) is 18.6. The van der Waals surface area contributed by atoms with Gasteiger partial charge in [0.05, 0.1) is 10.9 Å². The summed E-state index contributed by atoms with van der Waals surface area (Å²) in [5, 5.41) is 3.43. The van der Waals surface area contributed by atoms with E-state index in [-0.39, 0.29) is 22.8 Å². The molecule has 138 valence electrons. The van der Waals surface area contributed by atoms with Gasteiger partial charge >= 0.3 is 0 Å². The van der Waals surface area contributed by atoms with Crippen molar-refractivity contribution in [2.45, 2.75) is 25.9 Å². The van der Waals surface area contributed by atoms with Gasteiger partial charge in [-0.25, -0.2) is 0 Å². The molecule has 0 bridgehead atoms. The molecule has 2 amide bonds. The highest BCUT2D eigenvalue weighted by Crippen LogP contribution is 2.32. The second kappa shape index (κ2) is 9.27. The number of hydrogen-bond acceptors (Lipinski definition) is 4. The highest BCUT2D eigenvalue weighted by Gasteiger charge is 2.31. The van der Waals surface area contributed by atoms with Crippen LogP contribution in [0.4, 0.5) is 0 Å². The molecule has 0 spiro atoms. The summed E-state index contributed by atoms with van der Waals surface area (Å²) < 4.78 is 5.68. The first-order chi connectivity index (χ1) is 11.9. The number of halogens is 2. The third-order valence-corrected chi connectivity index (χ3v) is 4.92. The molecule has 2 rings (SSSR count). The molecule has 2 atom stereocenters. The van der Waals surface area contributed by atoms with Crippen LogP contribution in [0.1, 0.15) is 19.8 Å². The Balaban J connectivity index is 1.96. The lowest BCUT2D eigenvalue weighted by atomic mass is 9.96. The van der Waals surface area contributed by atoms with Gasteiger partial charge in [-0.05, 0) is 31.9 Å². The Morgan fingerprint density at radius 3 is 2.92 bits per heavy atom. The lowest BCUT2D eigenvalue weighted by Crippen LogP contribution is -2.49. The molecule has 0 saturated carbocycles. The van der Waals surface area contributed by atoms with E-state index in [0.29, 0.717) is 37.0 Å². The highest BCUT2D eigenvalue weighted by atomic mass is 35.5. The average molecular weight is 388 g/mol. The van der Waals surface area contributed by atoms with Crippen molar-refractivity contribution in [2.75, 3.05) is 26.2 Å². The summed E-state index contributed by atoms with van der Waals surface area (Å²) >= 11 is 12.1. The van der Waals surface area contributed by atoms with Crippen LogP contribution in [0.5, 0.6) is 5.75 Å². The second-order valence-electron chi connectivity index (χ2n) is 6.02. The Morgan fingerprint density at radius 1 is 1.44 bits per heavy atom. The maximum absolute atomic E-state index is 12.7. The minimum absolute atomic E-state index is 0.0607. The fourth-order valence-electron chi connectivity index (χ4n) is 2.80. The third kappa shape index (κ3) is 5.23. The smallest absolute Gasteiger partial charge is 0.263 e. The monoisotopic (exact) mass is 387 g/mol. The minimum atomic E-state index is -0.721. The fourth-order valence-corrected chi connectivity index (χ4v) is 3.14. The molecule has 2 unspecified atom stereocenters. The van der Waals surface area contributed by atoms with Gasteiger partial charge in [-0.1, -0.05) is 29.3 Å². The van der Waals surface area contributed by atoms with Crippen LogP contribution in [0.2, 0.25) is 10.0 Å². The molecule has 3 N–H and O–H groups in total. The fraction of sp³-hybridized carbons (Fsp3) is 0.529. The largest absolute Gasteiger partial charge is 0.479 e. The number of nitrogens with zero attached hydrogens (tertiary/aromatic N) is 1. The van der Waals surface area contributed by atoms with Gasteiger partial charge in [-0.3, -0.25) is 9.59 Å². The van der Waals surface area contributed by atoms with Gasteiger partial charge < -0.3 is 20.7 Å². The first kappa shape index (κ1) is 19.8. The SMILES string of the molecule is CC(Oc1cccc(Cl)c1Cl)C(=O)N1CCCC(C(=O)NCCN)C1. The molecule has 0 aliphatic carbocycles. The van der Waals surface area contributed by atoms with Crippen molar-refractivity contribution < 1.29 is 14.3 Å². The number of benzene rings is 1. The van der Waals surface area contributed by atoms with Crippen LogP contribution in [0, 0.1) is 5.92 Å². The zero-order valence-corrected chi connectivity index (χ0v) is 15.6. The lowest BCUT2D eigenvalue weighted by molar-refractivity contribution is -0.141. The zero-order valence-electron chi connectivity index (χ0n) is 14.1. The average Bonchev–Trinajstić information content (AvgIpc) is 2.62. The molecule has 25 heavy (non-hydrogen) atoms. The Bertz CT molecular complexity index is 627. The Morgan fingerprint density at radius 2 is 2.20 bits per heavy atom. The van der Waals surface area contributed by atoms with Crippen molar-refractivity contribution in [3.8, 4) is 5.75 Å². The molecule has 1 aromatic carbocycles. The molecule has 8 heteroatoms. The van der Waals surface area contributed by atoms with Crippen molar-refractivity contribution in [3.63, 3.8) is 0 Å². The van der Waals surface area contributed by atoms with Crippen molar-refractivity contribution in [2.24, 2.45) is 11.7 Å². The van der Waals surface area contributed by atoms with Crippen LogP contribution in [0.3, 0.4) is 0 Å². The van der Waals surface area contributed by atoms with E-state index in [0.717, 1.165) is 12.8 Å². The molecule has 1 fully saturated rings. The summed E-state index contributed by atoms with van der Waals surface area (Å²) in [5.41, 5.74) is 5.40. The predicted molar refractivity (Wildman–Crippen MR) is 97.9 cm³/mol. The summed E-state index contributed by atoms with van der Waals surface area (Å²) in [6, 6.07) is 5.02. The van der Waals surface area contributed by atoms with Crippen LogP contribution in [-0.2, 0) is 9.59 Å². The molecular weight excluding hydrogens is 365 g/mol. The molecule has 1 aromatic rings. The predicted octanol–water partition coefficient (Wildman–Crippen LogP) is 2.07. The van der Waals surface area contributed by atoms with Crippen molar-refractivity contribution in [1.29, 1.82) is 0 Å². The van der Waals surface area contributed by atoms with E-state index in [2.05, 4.69) is 5.32 Å². The molecule has 1 aliphatic rings. The summed E-state index contributed by atoms with van der Waals surface area (Å²) in [6.07, 6.45) is 0.814. The molecule has 6 nitrogen and oxygen atoms in total. The van der Waals surface area contributed by atoms with E-state index in [1.807, 2.05) is 0 Å². The number of piperidine rings is 1. The maximum Gasteiger partial charge on any atom is 0.263 e. The van der Waals surface area contributed by atoms with Gasteiger partial charge in [-0.2, -0.15) is 0 Å². The maximum atomic E-state index is 12.7. The van der Waals surface area contributed by atoms with Gasteiger partial charge in [0.15, 0.2) is 6.10 Å². The summed E-state index contributed by atoms with van der Waals surface area (Å²) in [6.45, 7) is 3.49. The Kier molecular flexibility index (Phi) is 7.35. The molecule has 1 aliphatic heterocycles. The number of rotatable bonds is 6. The highest BCUT2D eigenvalue weighted by molar-refractivity contribution is 6.42. The first-order valence-electron chi connectivity index (χ1n) is 8.31. The van der Waals surface area contributed by atoms with E-state index in [1.54, 1.807) is 30.0 Å². The van der Waals surface area contributed by atoms with Gasteiger partial charge in [0, 0.05) is 26.2 Å². The van der Waals surface area contributed by atoms with Crippen LogP contribution >= 0.6 is 23.2 Å². The molecule has 0 radical (unpaired) electrons. The van der Waals surface area contributed by atoms with Crippen molar-refractivity contribution >= 4 is 35.0 Å². The Labute approximate surface area is 157 Å². The number of nitrogens with one attached hydrogen (secondary N) is 1. The van der Waals surface area contributed by atoms with Gasteiger partial charge in [0.25, 0.3) is 5.91 Å². The standard InChI is InChI=1S/C17H23Cl2N3O3/c1-11(25-14-6-2-5-13(18)15(14)19)17(24)22-9-3-4-12(10-22)16(23)21-8-7-20/h2,5-6,11-12H,3-4,7-10,20H2,1H3,(H,21,23). The number of amides is 2. The van der Waals surface area contributed by atoms with Crippen molar-refractivity contribution in [1.82, 2.24) is 10.2 Å². The number of carbonyl (C=O) groups is 2. The van der Waals surface area contributed by atoms with Crippen LogP contribution < -0.4 is 15.8 Å². The van der Waals surface area contributed by atoms with Crippen LogP contribution in [-0.4, -0.2) is 49.0 Å². The number of likely N-dealkylation sites (tertiary alicyclic amines) is 1. The lowest BCUT2D eigenvalue weighted by Gasteiger charge is -2.33. The van der Waals surface area contributed by atoms with E-state index in [9.17, 15) is 9.59 Å².